The van der Waals surface area contributed by atoms with E-state index in [1.165, 1.54) is 0 Å². The molecule has 0 aliphatic rings. The van der Waals surface area contributed by atoms with Gasteiger partial charge in [-0.3, -0.25) is 14.5 Å². The fraction of sp³-hybridized carbons (Fsp3) is 0.105. The van der Waals surface area contributed by atoms with Crippen molar-refractivity contribution < 1.29 is 4.79 Å². The third kappa shape index (κ3) is 4.60. The summed E-state index contributed by atoms with van der Waals surface area (Å²) in [6.07, 6.45) is 0. The highest BCUT2D eigenvalue weighted by Gasteiger charge is 2.11. The van der Waals surface area contributed by atoms with Crippen LogP contribution in [0.2, 0.25) is 5.02 Å². The van der Waals surface area contributed by atoms with Crippen LogP contribution in [0.1, 0.15) is 5.56 Å². The quantitative estimate of drug-likeness (QED) is 0.536. The van der Waals surface area contributed by atoms with Gasteiger partial charge in [0.25, 0.3) is 0 Å². The van der Waals surface area contributed by atoms with Crippen LogP contribution in [-0.4, -0.2) is 27.2 Å². The first-order valence-corrected chi connectivity index (χ1v) is 8.64. The first kappa shape index (κ1) is 17.9. The highest BCUT2D eigenvalue weighted by Crippen LogP contribution is 2.19. The summed E-state index contributed by atoms with van der Waals surface area (Å²) in [7, 11) is 0. The van der Waals surface area contributed by atoms with E-state index in [-0.39, 0.29) is 19.0 Å². The van der Waals surface area contributed by atoms with Crippen molar-refractivity contribution in [1.29, 1.82) is 0 Å². The molecule has 0 saturated carbocycles. The fourth-order valence-electron chi connectivity index (χ4n) is 2.29. The van der Waals surface area contributed by atoms with Crippen molar-refractivity contribution in [3.8, 4) is 23.2 Å². The summed E-state index contributed by atoms with van der Waals surface area (Å²) in [6, 6.07) is 16.8. The van der Waals surface area contributed by atoms with Crippen LogP contribution in [0.25, 0.3) is 11.4 Å². The molecule has 7 heteroatoms. The Morgan fingerprint density at radius 2 is 1.92 bits per heavy atom. The minimum atomic E-state index is -0.194. The number of benzene rings is 2. The molecular formula is C19H15ClN4OS. The second-order valence-corrected chi connectivity index (χ2v) is 6.21. The van der Waals surface area contributed by atoms with Gasteiger partial charge in [-0.15, -0.1) is 0 Å². The number of halogens is 1. The van der Waals surface area contributed by atoms with E-state index >= 15 is 0 Å². The van der Waals surface area contributed by atoms with E-state index in [0.29, 0.717) is 15.6 Å². The number of nitrogens with zero attached hydrogens (tertiary/aromatic N) is 2. The Balaban J connectivity index is 1.65. The molecule has 2 N–H and O–H groups in total. The summed E-state index contributed by atoms with van der Waals surface area (Å²) in [5.74, 6) is 6.30. The van der Waals surface area contributed by atoms with Gasteiger partial charge in [-0.25, -0.2) is 0 Å². The molecule has 130 valence electrons. The number of amides is 1. The van der Waals surface area contributed by atoms with Gasteiger partial charge in [-0.2, -0.15) is 5.10 Å². The molecule has 1 aromatic heterocycles. The molecule has 3 aromatic rings. The normalized spacial score (nSPS) is 10.0. The molecule has 5 nitrogen and oxygen atoms in total. The first-order chi connectivity index (χ1) is 12.6. The lowest BCUT2D eigenvalue weighted by Crippen LogP contribution is -2.28. The molecule has 1 heterocycles. The highest BCUT2D eigenvalue weighted by molar-refractivity contribution is 7.71. The van der Waals surface area contributed by atoms with Gasteiger partial charge in [0, 0.05) is 16.1 Å². The summed E-state index contributed by atoms with van der Waals surface area (Å²) in [4.78, 5) is 12.2. The van der Waals surface area contributed by atoms with Crippen molar-refractivity contribution >= 4 is 29.7 Å². The molecule has 0 aliphatic carbocycles. The Bertz CT molecular complexity index is 1010. The molecule has 0 saturated heterocycles. The summed E-state index contributed by atoms with van der Waals surface area (Å²) < 4.78 is 2.01. The van der Waals surface area contributed by atoms with Gasteiger partial charge in [0.05, 0.1) is 6.54 Å². The fourth-order valence-corrected chi connectivity index (χ4v) is 2.62. The number of H-pyrrole nitrogens is 1. The number of aromatic amines is 1. The van der Waals surface area contributed by atoms with E-state index < -0.39 is 0 Å². The van der Waals surface area contributed by atoms with Gasteiger partial charge < -0.3 is 5.32 Å². The number of rotatable bonds is 4. The number of hydrogen-bond acceptors (Lipinski definition) is 3. The van der Waals surface area contributed by atoms with E-state index in [0.717, 1.165) is 11.1 Å². The molecular weight excluding hydrogens is 368 g/mol. The zero-order chi connectivity index (χ0) is 18.4. The smallest absolute Gasteiger partial charge is 0.240 e. The molecule has 0 unspecified atom stereocenters. The van der Waals surface area contributed by atoms with Gasteiger partial charge in [0.2, 0.25) is 5.91 Å². The topological polar surface area (TPSA) is 62.7 Å². The van der Waals surface area contributed by atoms with Crippen molar-refractivity contribution in [2.24, 2.45) is 0 Å². The minimum Gasteiger partial charge on any atom is -0.344 e. The van der Waals surface area contributed by atoms with Crippen LogP contribution < -0.4 is 5.32 Å². The molecule has 0 aliphatic heterocycles. The van der Waals surface area contributed by atoms with Crippen LogP contribution >= 0.6 is 23.8 Å². The summed E-state index contributed by atoms with van der Waals surface area (Å²) in [6.45, 7) is 0.315. The molecule has 2 aromatic carbocycles. The van der Waals surface area contributed by atoms with Gasteiger partial charge in [-0.05, 0) is 48.6 Å². The van der Waals surface area contributed by atoms with Gasteiger partial charge in [0.1, 0.15) is 6.54 Å². The van der Waals surface area contributed by atoms with Crippen LogP contribution in [0, 0.1) is 16.6 Å². The Morgan fingerprint density at radius 1 is 1.19 bits per heavy atom. The lowest BCUT2D eigenvalue weighted by atomic mass is 10.2. The molecule has 3 rings (SSSR count). The van der Waals surface area contributed by atoms with Crippen LogP contribution in [0.4, 0.5) is 0 Å². The Morgan fingerprint density at radius 3 is 2.65 bits per heavy atom. The predicted octanol–water partition coefficient (Wildman–Crippen LogP) is 3.43. The lowest BCUT2D eigenvalue weighted by Gasteiger charge is -2.06. The number of carbonyl (C=O) groups is 1. The SMILES string of the molecule is O=C(Cn1c(-c2ccc(Cl)cc2)n[nH]c1=S)NCC#Cc1ccccc1. The first-order valence-electron chi connectivity index (χ1n) is 7.85. The summed E-state index contributed by atoms with van der Waals surface area (Å²) in [5, 5.41) is 10.3. The molecule has 26 heavy (non-hydrogen) atoms. The molecule has 1 amide bonds. The van der Waals surface area contributed by atoms with Crippen LogP contribution in [0.15, 0.2) is 54.6 Å². The molecule has 0 atom stereocenters. The maximum Gasteiger partial charge on any atom is 0.240 e. The van der Waals surface area contributed by atoms with Gasteiger partial charge in [-0.1, -0.05) is 41.6 Å². The standard InChI is InChI=1S/C19H15ClN4OS/c20-16-10-8-15(9-11-16)18-22-23-19(26)24(18)13-17(25)21-12-4-7-14-5-2-1-3-6-14/h1-3,5-6,8-11H,12-13H2,(H,21,25)(H,23,26). The number of nitrogens with one attached hydrogen (secondary N) is 2. The van der Waals surface area contributed by atoms with E-state index in [1.54, 1.807) is 16.7 Å². The maximum absolute atomic E-state index is 12.2. The Labute approximate surface area is 161 Å². The Hall–Kier alpha value is -2.88. The third-order valence-electron chi connectivity index (χ3n) is 3.54. The molecule has 0 radical (unpaired) electrons. The van der Waals surface area contributed by atoms with Crippen molar-refractivity contribution in [3.63, 3.8) is 0 Å². The number of carbonyl (C=O) groups excluding carboxylic acids is 1. The zero-order valence-electron chi connectivity index (χ0n) is 13.7. The number of aromatic nitrogens is 3. The van der Waals surface area contributed by atoms with Crippen LogP contribution in [0.5, 0.6) is 0 Å². The molecule has 0 spiro atoms. The molecule has 0 bridgehead atoms. The highest BCUT2D eigenvalue weighted by atomic mass is 35.5. The Kier molecular flexibility index (Phi) is 5.84. The second kappa shape index (κ2) is 8.48. The third-order valence-corrected chi connectivity index (χ3v) is 4.11. The van der Waals surface area contributed by atoms with Crippen LogP contribution in [0.3, 0.4) is 0 Å². The van der Waals surface area contributed by atoms with Crippen molar-refractivity contribution in [1.82, 2.24) is 20.1 Å². The van der Waals surface area contributed by atoms with Crippen molar-refractivity contribution in [3.05, 3.63) is 70.0 Å². The van der Waals surface area contributed by atoms with Gasteiger partial charge >= 0.3 is 0 Å². The van der Waals surface area contributed by atoms with Crippen molar-refractivity contribution in [2.75, 3.05) is 6.54 Å². The summed E-state index contributed by atoms with van der Waals surface area (Å²) in [5.41, 5.74) is 1.72. The largest absolute Gasteiger partial charge is 0.344 e. The maximum atomic E-state index is 12.2. The number of hydrogen-bond donors (Lipinski definition) is 2. The average Bonchev–Trinajstić information content (AvgIpc) is 3.01. The zero-order valence-corrected chi connectivity index (χ0v) is 15.3. The van der Waals surface area contributed by atoms with Crippen molar-refractivity contribution in [2.45, 2.75) is 6.54 Å². The minimum absolute atomic E-state index is 0.0559. The van der Waals surface area contributed by atoms with Gasteiger partial charge in [0.15, 0.2) is 10.6 Å². The predicted molar refractivity (Wildman–Crippen MR) is 104 cm³/mol. The second-order valence-electron chi connectivity index (χ2n) is 5.39. The van der Waals surface area contributed by atoms with E-state index in [2.05, 4.69) is 27.4 Å². The van der Waals surface area contributed by atoms with Crippen LogP contribution in [-0.2, 0) is 11.3 Å². The van der Waals surface area contributed by atoms with E-state index in [9.17, 15) is 4.79 Å². The average molecular weight is 383 g/mol. The lowest BCUT2D eigenvalue weighted by molar-refractivity contribution is -0.121. The monoisotopic (exact) mass is 382 g/mol. The van der Waals surface area contributed by atoms with E-state index in [1.807, 2.05) is 42.5 Å². The summed E-state index contributed by atoms with van der Waals surface area (Å²) >= 11 is 11.1. The molecule has 0 fully saturated rings. The van der Waals surface area contributed by atoms with E-state index in [4.69, 9.17) is 23.8 Å².